The predicted octanol–water partition coefficient (Wildman–Crippen LogP) is 2.22. The van der Waals surface area contributed by atoms with Gasteiger partial charge in [-0.05, 0) is 31.4 Å². The minimum absolute atomic E-state index is 0.345. The number of hydrogen-bond donors (Lipinski definition) is 1. The molecule has 0 aliphatic carbocycles. The quantitative estimate of drug-likeness (QED) is 0.857. The summed E-state index contributed by atoms with van der Waals surface area (Å²) >= 11 is 0. The van der Waals surface area contributed by atoms with Crippen molar-refractivity contribution in [2.75, 3.05) is 12.3 Å². The lowest BCUT2D eigenvalue weighted by Gasteiger charge is -2.06. The molecule has 0 fully saturated rings. The lowest BCUT2D eigenvalue weighted by Crippen LogP contribution is -2.11. The Hall–Kier alpha value is -2.04. The van der Waals surface area contributed by atoms with E-state index in [0.717, 1.165) is 17.7 Å². The summed E-state index contributed by atoms with van der Waals surface area (Å²) in [5, 5.41) is 0. The molecule has 19 heavy (non-hydrogen) atoms. The molecule has 0 atom stereocenters. The van der Waals surface area contributed by atoms with Crippen LogP contribution in [0, 0.1) is 0 Å². The first-order valence-electron chi connectivity index (χ1n) is 6.58. The zero-order chi connectivity index (χ0) is 14.0. The third-order valence-electron chi connectivity index (χ3n) is 3.09. The van der Waals surface area contributed by atoms with Gasteiger partial charge in [0.1, 0.15) is 0 Å². The highest BCUT2D eigenvalue weighted by Crippen LogP contribution is 2.21. The van der Waals surface area contributed by atoms with Gasteiger partial charge in [-0.3, -0.25) is 4.40 Å². The first-order valence-corrected chi connectivity index (χ1v) is 6.58. The molecule has 0 radical (unpaired) electrons. The second-order valence-electron chi connectivity index (χ2n) is 4.33. The number of pyridine rings is 1. The number of esters is 1. The van der Waals surface area contributed by atoms with Crippen LogP contribution in [0.5, 0.6) is 0 Å². The fourth-order valence-corrected chi connectivity index (χ4v) is 2.13. The first-order chi connectivity index (χ1) is 9.12. The molecular weight excluding hydrogens is 242 g/mol. The molecule has 0 amide bonds. The summed E-state index contributed by atoms with van der Waals surface area (Å²) in [5.74, 6) is -0.348. The maximum absolute atomic E-state index is 12.1. The topological polar surface area (TPSA) is 69.6 Å². The summed E-state index contributed by atoms with van der Waals surface area (Å²) in [4.78, 5) is 16.5. The van der Waals surface area contributed by atoms with Crippen molar-refractivity contribution in [3.8, 4) is 0 Å². The van der Waals surface area contributed by atoms with Gasteiger partial charge in [0.15, 0.2) is 11.3 Å². The molecule has 0 spiro atoms. The molecule has 0 unspecified atom stereocenters. The van der Waals surface area contributed by atoms with Crippen LogP contribution >= 0.6 is 0 Å². The number of nitrogens with zero attached hydrogens (tertiary/aromatic N) is 2. The average molecular weight is 261 g/mol. The first kappa shape index (κ1) is 13.4. The number of carbonyl (C=O) groups is 1. The zero-order valence-electron chi connectivity index (χ0n) is 11.6. The summed E-state index contributed by atoms with van der Waals surface area (Å²) in [6, 6.07) is 1.90. The van der Waals surface area contributed by atoms with Gasteiger partial charge in [0.25, 0.3) is 0 Å². The summed E-state index contributed by atoms with van der Waals surface area (Å²) in [6.45, 7) is 6.14. The Kier molecular flexibility index (Phi) is 3.74. The number of rotatable bonds is 4. The van der Waals surface area contributed by atoms with E-state index in [9.17, 15) is 4.79 Å². The van der Waals surface area contributed by atoms with Crippen molar-refractivity contribution in [1.29, 1.82) is 0 Å². The lowest BCUT2D eigenvalue weighted by molar-refractivity contribution is 0.0517. The molecule has 0 bridgehead atoms. The molecule has 0 aliphatic heterocycles. The Balaban J connectivity index is 2.71. The number of aryl methyl sites for hydroxylation is 2. The molecule has 0 aromatic carbocycles. The molecule has 5 heteroatoms. The van der Waals surface area contributed by atoms with E-state index >= 15 is 0 Å². The van der Waals surface area contributed by atoms with Crippen LogP contribution in [0.4, 0.5) is 5.69 Å². The van der Waals surface area contributed by atoms with E-state index in [1.54, 1.807) is 11.3 Å². The largest absolute Gasteiger partial charge is 0.461 e. The molecule has 102 valence electrons. The summed E-state index contributed by atoms with van der Waals surface area (Å²) in [6.07, 6.45) is 3.42. The van der Waals surface area contributed by atoms with Gasteiger partial charge < -0.3 is 10.5 Å². The number of carbonyl (C=O) groups excluding carboxylic acids is 1. The maximum Gasteiger partial charge on any atom is 0.357 e. The van der Waals surface area contributed by atoms with E-state index in [0.29, 0.717) is 30.1 Å². The van der Waals surface area contributed by atoms with Gasteiger partial charge >= 0.3 is 5.97 Å². The number of imidazole rings is 1. The Morgan fingerprint density at radius 2 is 2.11 bits per heavy atom. The highest BCUT2D eigenvalue weighted by Gasteiger charge is 2.20. The Morgan fingerprint density at radius 1 is 1.37 bits per heavy atom. The summed E-state index contributed by atoms with van der Waals surface area (Å²) < 4.78 is 6.86. The normalized spacial score (nSPS) is 10.9. The minimum atomic E-state index is -0.348. The van der Waals surface area contributed by atoms with Crippen molar-refractivity contribution in [1.82, 2.24) is 9.38 Å². The number of nitrogens with two attached hydrogens (primary N) is 1. The fraction of sp³-hybridized carbons (Fsp3) is 0.429. The van der Waals surface area contributed by atoms with Gasteiger partial charge in [0.05, 0.1) is 18.0 Å². The highest BCUT2D eigenvalue weighted by atomic mass is 16.5. The van der Waals surface area contributed by atoms with Crippen molar-refractivity contribution in [2.45, 2.75) is 33.6 Å². The number of aromatic nitrogens is 2. The molecule has 2 aromatic rings. The van der Waals surface area contributed by atoms with Crippen LogP contribution in [0.1, 0.15) is 42.5 Å². The van der Waals surface area contributed by atoms with Crippen LogP contribution < -0.4 is 5.73 Å². The monoisotopic (exact) mass is 261 g/mol. The summed E-state index contributed by atoms with van der Waals surface area (Å²) in [7, 11) is 0. The second-order valence-corrected chi connectivity index (χ2v) is 4.33. The van der Waals surface area contributed by atoms with Crippen molar-refractivity contribution in [3.05, 3.63) is 29.2 Å². The molecule has 2 N–H and O–H groups in total. The Labute approximate surface area is 112 Å². The third kappa shape index (κ3) is 2.28. The second kappa shape index (κ2) is 5.30. The summed E-state index contributed by atoms with van der Waals surface area (Å²) in [5.41, 5.74) is 9.49. The van der Waals surface area contributed by atoms with E-state index in [-0.39, 0.29) is 5.97 Å². The number of anilines is 1. The van der Waals surface area contributed by atoms with E-state index in [4.69, 9.17) is 10.5 Å². The van der Waals surface area contributed by atoms with Gasteiger partial charge in [-0.2, -0.15) is 0 Å². The van der Waals surface area contributed by atoms with Gasteiger partial charge in [-0.25, -0.2) is 9.78 Å². The highest BCUT2D eigenvalue weighted by molar-refractivity contribution is 5.91. The van der Waals surface area contributed by atoms with E-state index in [2.05, 4.69) is 4.98 Å². The molecular formula is C14H19N3O2. The average Bonchev–Trinajstić information content (AvgIpc) is 2.77. The molecule has 0 aliphatic rings. The number of ether oxygens (including phenoxy) is 1. The Bertz CT molecular complexity index is 617. The van der Waals surface area contributed by atoms with Gasteiger partial charge in [-0.15, -0.1) is 0 Å². The van der Waals surface area contributed by atoms with Gasteiger partial charge in [0, 0.05) is 6.20 Å². The lowest BCUT2D eigenvalue weighted by atomic mass is 10.2. The van der Waals surface area contributed by atoms with Crippen molar-refractivity contribution in [2.24, 2.45) is 0 Å². The van der Waals surface area contributed by atoms with Gasteiger partial charge in [-0.1, -0.05) is 13.8 Å². The zero-order valence-corrected chi connectivity index (χ0v) is 11.6. The molecule has 2 aromatic heterocycles. The third-order valence-corrected chi connectivity index (χ3v) is 3.09. The molecule has 0 saturated carbocycles. The van der Waals surface area contributed by atoms with Crippen molar-refractivity contribution >= 4 is 17.3 Å². The number of fused-ring (bicyclic) bond motifs is 1. The number of nitrogen functional groups attached to an aromatic ring is 1. The van der Waals surface area contributed by atoms with Crippen LogP contribution in [0.2, 0.25) is 0 Å². The van der Waals surface area contributed by atoms with E-state index < -0.39 is 0 Å². The maximum atomic E-state index is 12.1. The van der Waals surface area contributed by atoms with Crippen LogP contribution in [0.3, 0.4) is 0 Å². The Morgan fingerprint density at radius 3 is 2.68 bits per heavy atom. The molecule has 2 rings (SSSR count). The van der Waals surface area contributed by atoms with Crippen LogP contribution in [-0.2, 0) is 17.6 Å². The van der Waals surface area contributed by atoms with E-state index in [1.807, 2.05) is 26.1 Å². The molecule has 5 nitrogen and oxygen atoms in total. The predicted molar refractivity (Wildman–Crippen MR) is 74.3 cm³/mol. The van der Waals surface area contributed by atoms with Gasteiger partial charge in [0.2, 0.25) is 0 Å². The molecule has 0 saturated heterocycles. The molecule has 2 heterocycles. The van der Waals surface area contributed by atoms with Crippen LogP contribution in [0.25, 0.3) is 5.65 Å². The van der Waals surface area contributed by atoms with Crippen LogP contribution in [0.15, 0.2) is 12.3 Å². The fourth-order valence-electron chi connectivity index (χ4n) is 2.13. The minimum Gasteiger partial charge on any atom is -0.461 e. The van der Waals surface area contributed by atoms with E-state index in [1.165, 1.54) is 0 Å². The standard InChI is InChI=1S/C14H19N3O2/c1-4-9-7-10(15)13-16-11(5-2)12(17(13)8-9)14(18)19-6-3/h7-8H,4-6,15H2,1-3H3. The number of hydrogen-bond acceptors (Lipinski definition) is 4. The van der Waals surface area contributed by atoms with Crippen molar-refractivity contribution in [3.63, 3.8) is 0 Å². The smallest absolute Gasteiger partial charge is 0.357 e. The van der Waals surface area contributed by atoms with Crippen molar-refractivity contribution < 1.29 is 9.53 Å². The SMILES string of the molecule is CCOC(=O)c1c(CC)nc2c(N)cc(CC)cn12. The van der Waals surface area contributed by atoms with Crippen LogP contribution in [-0.4, -0.2) is 22.0 Å².